The van der Waals surface area contributed by atoms with Crippen LogP contribution in [0.2, 0.25) is 0 Å². The minimum atomic E-state index is 0.0111. The Hall–Kier alpha value is -0.910. The number of ether oxygens (including phenoxy) is 1. The Kier molecular flexibility index (Phi) is 5.18. The average Bonchev–Trinajstić information content (AvgIpc) is 2.77. The van der Waals surface area contributed by atoms with Gasteiger partial charge < -0.3 is 14.7 Å². The van der Waals surface area contributed by atoms with Gasteiger partial charge in [0.15, 0.2) is 0 Å². The molecule has 1 amide bonds. The van der Waals surface area contributed by atoms with Crippen molar-refractivity contribution < 1.29 is 14.6 Å². The summed E-state index contributed by atoms with van der Waals surface area (Å²) in [6.07, 6.45) is 1.36. The van der Waals surface area contributed by atoms with Gasteiger partial charge in [0.1, 0.15) is 0 Å². The highest BCUT2D eigenvalue weighted by molar-refractivity contribution is 9.10. The molecule has 4 nitrogen and oxygen atoms in total. The predicted octanol–water partition coefficient (Wildman–Crippen LogP) is 2.57. The minimum Gasteiger partial charge on any atom is -0.394 e. The second-order valence-electron chi connectivity index (χ2n) is 5.15. The van der Waals surface area contributed by atoms with Crippen LogP contribution in [0, 0.1) is 13.8 Å². The molecule has 1 aromatic carbocycles. The molecule has 2 rings (SSSR count). The van der Waals surface area contributed by atoms with Crippen molar-refractivity contribution in [2.45, 2.75) is 32.7 Å². The molecule has 0 aliphatic carbocycles. The van der Waals surface area contributed by atoms with Gasteiger partial charge in [-0.2, -0.15) is 0 Å². The third-order valence-electron chi connectivity index (χ3n) is 3.57. The molecule has 1 aliphatic rings. The van der Waals surface area contributed by atoms with Crippen molar-refractivity contribution in [2.24, 2.45) is 0 Å². The van der Waals surface area contributed by atoms with Gasteiger partial charge in [0, 0.05) is 16.6 Å². The SMILES string of the molecule is Cc1cc(N2C(=O)CC[C@@H]2COCCO)cc(C)c1Br. The second kappa shape index (κ2) is 6.70. The van der Waals surface area contributed by atoms with Crippen LogP contribution < -0.4 is 4.90 Å². The molecular formula is C15H20BrNO3. The van der Waals surface area contributed by atoms with Gasteiger partial charge in [0.25, 0.3) is 0 Å². The van der Waals surface area contributed by atoms with Crippen LogP contribution in [0.5, 0.6) is 0 Å². The molecule has 1 aromatic rings. The van der Waals surface area contributed by atoms with Crippen LogP contribution >= 0.6 is 15.9 Å². The molecule has 1 aliphatic heterocycles. The Bertz CT molecular complexity index is 481. The molecule has 1 atom stereocenters. The molecule has 20 heavy (non-hydrogen) atoms. The van der Waals surface area contributed by atoms with Crippen molar-refractivity contribution in [2.75, 3.05) is 24.7 Å². The summed E-state index contributed by atoms with van der Waals surface area (Å²) < 4.78 is 6.48. The molecule has 1 saturated heterocycles. The lowest BCUT2D eigenvalue weighted by Crippen LogP contribution is -2.36. The maximum absolute atomic E-state index is 12.1. The maximum atomic E-state index is 12.1. The summed E-state index contributed by atoms with van der Waals surface area (Å²) in [7, 11) is 0. The molecule has 110 valence electrons. The number of hydrogen-bond donors (Lipinski definition) is 1. The average molecular weight is 342 g/mol. The molecule has 0 spiro atoms. The molecule has 1 fully saturated rings. The molecule has 5 heteroatoms. The van der Waals surface area contributed by atoms with Crippen molar-refractivity contribution in [3.8, 4) is 0 Å². The van der Waals surface area contributed by atoms with Crippen molar-refractivity contribution in [3.63, 3.8) is 0 Å². The van der Waals surface area contributed by atoms with Crippen LogP contribution in [0.25, 0.3) is 0 Å². The maximum Gasteiger partial charge on any atom is 0.227 e. The lowest BCUT2D eigenvalue weighted by atomic mass is 10.1. The monoisotopic (exact) mass is 341 g/mol. The third kappa shape index (κ3) is 3.22. The fourth-order valence-corrected chi connectivity index (χ4v) is 2.83. The number of anilines is 1. The van der Waals surface area contributed by atoms with Gasteiger partial charge in [0.05, 0.1) is 25.9 Å². The van der Waals surface area contributed by atoms with Crippen molar-refractivity contribution in [1.29, 1.82) is 0 Å². The fourth-order valence-electron chi connectivity index (χ4n) is 2.60. The lowest BCUT2D eigenvalue weighted by molar-refractivity contribution is -0.117. The van der Waals surface area contributed by atoms with E-state index in [2.05, 4.69) is 15.9 Å². The smallest absolute Gasteiger partial charge is 0.227 e. The van der Waals surface area contributed by atoms with E-state index in [4.69, 9.17) is 9.84 Å². The van der Waals surface area contributed by atoms with Crippen LogP contribution in [0.1, 0.15) is 24.0 Å². The van der Waals surface area contributed by atoms with E-state index in [0.717, 1.165) is 27.7 Å². The summed E-state index contributed by atoms with van der Waals surface area (Å²) in [5.41, 5.74) is 3.17. The molecule has 0 saturated carbocycles. The predicted molar refractivity (Wildman–Crippen MR) is 82.0 cm³/mol. The van der Waals surface area contributed by atoms with Gasteiger partial charge in [-0.25, -0.2) is 0 Å². The van der Waals surface area contributed by atoms with Crippen molar-refractivity contribution in [1.82, 2.24) is 0 Å². The summed E-state index contributed by atoms with van der Waals surface area (Å²) >= 11 is 3.55. The number of halogens is 1. The number of rotatable bonds is 5. The quantitative estimate of drug-likeness (QED) is 0.837. The number of aliphatic hydroxyl groups excluding tert-OH is 1. The van der Waals surface area contributed by atoms with E-state index in [-0.39, 0.29) is 18.6 Å². The zero-order valence-corrected chi connectivity index (χ0v) is 13.4. The number of carbonyl (C=O) groups is 1. The van der Waals surface area contributed by atoms with E-state index < -0.39 is 0 Å². The van der Waals surface area contributed by atoms with Gasteiger partial charge >= 0.3 is 0 Å². The zero-order chi connectivity index (χ0) is 14.7. The first-order valence-corrected chi connectivity index (χ1v) is 7.61. The number of aryl methyl sites for hydroxylation is 2. The summed E-state index contributed by atoms with van der Waals surface area (Å²) in [5.74, 6) is 0.142. The first-order valence-electron chi connectivity index (χ1n) is 6.82. The van der Waals surface area contributed by atoms with Crippen LogP contribution in [-0.4, -0.2) is 36.9 Å². The van der Waals surface area contributed by atoms with Gasteiger partial charge in [-0.05, 0) is 43.5 Å². The second-order valence-corrected chi connectivity index (χ2v) is 5.94. The number of nitrogens with zero attached hydrogens (tertiary/aromatic N) is 1. The third-order valence-corrected chi connectivity index (χ3v) is 4.82. The van der Waals surface area contributed by atoms with Crippen molar-refractivity contribution in [3.05, 3.63) is 27.7 Å². The fraction of sp³-hybridized carbons (Fsp3) is 0.533. The largest absolute Gasteiger partial charge is 0.394 e. The Labute approximate surface area is 127 Å². The molecule has 0 bridgehead atoms. The van der Waals surface area contributed by atoms with Gasteiger partial charge in [0.2, 0.25) is 5.91 Å². The summed E-state index contributed by atoms with van der Waals surface area (Å²) in [6.45, 7) is 4.85. The van der Waals surface area contributed by atoms with E-state index in [0.29, 0.717) is 19.6 Å². The molecule has 0 radical (unpaired) electrons. The highest BCUT2D eigenvalue weighted by atomic mass is 79.9. The zero-order valence-electron chi connectivity index (χ0n) is 11.9. The first-order chi connectivity index (χ1) is 9.54. The lowest BCUT2D eigenvalue weighted by Gasteiger charge is -2.26. The normalized spacial score (nSPS) is 18.9. The Morgan fingerprint density at radius 3 is 2.65 bits per heavy atom. The van der Waals surface area contributed by atoms with E-state index in [9.17, 15) is 4.79 Å². The summed E-state index contributed by atoms with van der Waals surface area (Å²) in [5, 5.41) is 8.77. The highest BCUT2D eigenvalue weighted by Gasteiger charge is 2.32. The van der Waals surface area contributed by atoms with Gasteiger partial charge in [-0.3, -0.25) is 4.79 Å². The Morgan fingerprint density at radius 1 is 1.40 bits per heavy atom. The van der Waals surface area contributed by atoms with E-state index in [1.807, 2.05) is 30.9 Å². The van der Waals surface area contributed by atoms with Gasteiger partial charge in [-0.15, -0.1) is 0 Å². The van der Waals surface area contributed by atoms with Gasteiger partial charge in [-0.1, -0.05) is 15.9 Å². The van der Waals surface area contributed by atoms with Crippen LogP contribution in [0.15, 0.2) is 16.6 Å². The van der Waals surface area contributed by atoms with E-state index in [1.54, 1.807) is 0 Å². The molecule has 1 N–H and O–H groups in total. The number of hydrogen-bond acceptors (Lipinski definition) is 3. The summed E-state index contributed by atoms with van der Waals surface area (Å²) in [6, 6.07) is 4.12. The Morgan fingerprint density at radius 2 is 2.05 bits per heavy atom. The molecule has 0 aromatic heterocycles. The van der Waals surface area contributed by atoms with Crippen molar-refractivity contribution >= 4 is 27.5 Å². The van der Waals surface area contributed by atoms with E-state index >= 15 is 0 Å². The number of carbonyl (C=O) groups excluding carboxylic acids is 1. The Balaban J connectivity index is 2.21. The standard InChI is InChI=1S/C15H20BrNO3/c1-10-7-13(8-11(2)15(10)16)17-12(3-4-14(17)19)9-20-6-5-18/h7-8,12,18H,3-6,9H2,1-2H3/t12-/m1/s1. The topological polar surface area (TPSA) is 49.8 Å². The molecular weight excluding hydrogens is 322 g/mol. The van der Waals surface area contributed by atoms with Crippen LogP contribution in [-0.2, 0) is 9.53 Å². The van der Waals surface area contributed by atoms with Crippen LogP contribution in [0.4, 0.5) is 5.69 Å². The minimum absolute atomic E-state index is 0.0111. The number of amides is 1. The molecule has 0 unspecified atom stereocenters. The summed E-state index contributed by atoms with van der Waals surface area (Å²) in [4.78, 5) is 14.0. The molecule has 1 heterocycles. The number of aliphatic hydroxyl groups is 1. The highest BCUT2D eigenvalue weighted by Crippen LogP contribution is 2.32. The van der Waals surface area contributed by atoms with Crippen LogP contribution in [0.3, 0.4) is 0 Å². The first kappa shape index (κ1) is 15.5. The number of benzene rings is 1. The van der Waals surface area contributed by atoms with E-state index in [1.165, 1.54) is 0 Å².